The van der Waals surface area contributed by atoms with Crippen molar-refractivity contribution in [3.63, 3.8) is 0 Å². The van der Waals surface area contributed by atoms with Crippen LogP contribution in [0, 0.1) is 0 Å². The van der Waals surface area contributed by atoms with Gasteiger partial charge in [-0.1, -0.05) is 31.4 Å². The number of para-hydroxylation sites is 2. The van der Waals surface area contributed by atoms with Crippen LogP contribution in [0.3, 0.4) is 0 Å². The standard InChI is InChI=1S/C17H26N2O2/c1-2-21-16-11-7-6-10-15(16)18-14-17(20)19-12-8-4-3-5-9-13-19/h6-7,10-11,18H,2-5,8-9,12-14H2,1H3. The summed E-state index contributed by atoms with van der Waals surface area (Å²) < 4.78 is 5.56. The van der Waals surface area contributed by atoms with Gasteiger partial charge in [0, 0.05) is 13.1 Å². The monoisotopic (exact) mass is 290 g/mol. The Morgan fingerprint density at radius 2 is 1.81 bits per heavy atom. The molecule has 0 aliphatic carbocycles. The average molecular weight is 290 g/mol. The van der Waals surface area contributed by atoms with E-state index >= 15 is 0 Å². The van der Waals surface area contributed by atoms with Crippen molar-refractivity contribution in [3.8, 4) is 5.75 Å². The Labute approximate surface area is 127 Å². The van der Waals surface area contributed by atoms with E-state index in [-0.39, 0.29) is 5.91 Å². The molecule has 0 unspecified atom stereocenters. The average Bonchev–Trinajstić information content (AvgIpc) is 2.46. The third-order valence-corrected chi connectivity index (χ3v) is 3.83. The Bertz CT molecular complexity index is 440. The third-order valence-electron chi connectivity index (χ3n) is 3.83. The first-order valence-electron chi connectivity index (χ1n) is 8.04. The van der Waals surface area contributed by atoms with Crippen molar-refractivity contribution < 1.29 is 9.53 Å². The highest BCUT2D eigenvalue weighted by molar-refractivity contribution is 5.81. The van der Waals surface area contributed by atoms with Gasteiger partial charge < -0.3 is 15.0 Å². The number of carbonyl (C=O) groups is 1. The highest BCUT2D eigenvalue weighted by Crippen LogP contribution is 2.23. The molecule has 4 nitrogen and oxygen atoms in total. The number of nitrogens with zero attached hydrogens (tertiary/aromatic N) is 1. The lowest BCUT2D eigenvalue weighted by atomic mass is 10.1. The summed E-state index contributed by atoms with van der Waals surface area (Å²) in [5.41, 5.74) is 0.889. The molecular formula is C17H26N2O2. The SMILES string of the molecule is CCOc1ccccc1NCC(=O)N1CCCCCCC1. The molecule has 1 aliphatic rings. The highest BCUT2D eigenvalue weighted by atomic mass is 16.5. The van der Waals surface area contributed by atoms with E-state index in [1.807, 2.05) is 36.1 Å². The van der Waals surface area contributed by atoms with Gasteiger partial charge in [-0.05, 0) is 31.9 Å². The van der Waals surface area contributed by atoms with E-state index < -0.39 is 0 Å². The maximum absolute atomic E-state index is 12.3. The summed E-state index contributed by atoms with van der Waals surface area (Å²) in [5.74, 6) is 0.990. The smallest absolute Gasteiger partial charge is 0.241 e. The summed E-state index contributed by atoms with van der Waals surface area (Å²) in [5, 5.41) is 3.21. The van der Waals surface area contributed by atoms with Crippen LogP contribution in [0.1, 0.15) is 39.0 Å². The Hall–Kier alpha value is -1.71. The van der Waals surface area contributed by atoms with Gasteiger partial charge in [0.15, 0.2) is 0 Å². The number of nitrogens with one attached hydrogen (secondary N) is 1. The number of carbonyl (C=O) groups excluding carboxylic acids is 1. The van der Waals surface area contributed by atoms with Gasteiger partial charge >= 0.3 is 0 Å². The maximum Gasteiger partial charge on any atom is 0.241 e. The number of anilines is 1. The molecule has 1 amide bonds. The molecule has 116 valence electrons. The van der Waals surface area contributed by atoms with Crippen molar-refractivity contribution in [2.75, 3.05) is 31.6 Å². The van der Waals surface area contributed by atoms with Gasteiger partial charge in [-0.15, -0.1) is 0 Å². The van der Waals surface area contributed by atoms with Crippen molar-refractivity contribution >= 4 is 11.6 Å². The van der Waals surface area contributed by atoms with Gasteiger partial charge in [-0.3, -0.25) is 4.79 Å². The minimum absolute atomic E-state index is 0.184. The fourth-order valence-corrected chi connectivity index (χ4v) is 2.67. The molecule has 1 fully saturated rings. The van der Waals surface area contributed by atoms with Crippen molar-refractivity contribution in [2.45, 2.75) is 39.0 Å². The van der Waals surface area contributed by atoms with Gasteiger partial charge in [0.2, 0.25) is 5.91 Å². The molecule has 1 aliphatic heterocycles. The summed E-state index contributed by atoms with van der Waals surface area (Å²) in [4.78, 5) is 14.3. The normalized spacial score (nSPS) is 16.0. The Morgan fingerprint density at radius 3 is 2.52 bits per heavy atom. The molecule has 4 heteroatoms. The lowest BCUT2D eigenvalue weighted by Crippen LogP contribution is -2.37. The zero-order valence-electron chi connectivity index (χ0n) is 12.9. The number of amides is 1. The van der Waals surface area contributed by atoms with E-state index in [9.17, 15) is 4.79 Å². The molecule has 0 bridgehead atoms. The fourth-order valence-electron chi connectivity index (χ4n) is 2.67. The van der Waals surface area contributed by atoms with Crippen LogP contribution in [-0.2, 0) is 4.79 Å². The first-order chi connectivity index (χ1) is 10.3. The molecule has 0 aromatic heterocycles. The summed E-state index contributed by atoms with van der Waals surface area (Å²) in [6.07, 6.45) is 6.04. The Kier molecular flexibility index (Phi) is 6.38. The highest BCUT2D eigenvalue weighted by Gasteiger charge is 2.14. The van der Waals surface area contributed by atoms with E-state index in [1.54, 1.807) is 0 Å². The third kappa shape index (κ3) is 4.96. The summed E-state index contributed by atoms with van der Waals surface area (Å²) in [6, 6.07) is 7.76. The molecule has 0 saturated carbocycles. The van der Waals surface area contributed by atoms with E-state index in [0.29, 0.717) is 13.2 Å². The van der Waals surface area contributed by atoms with Crippen molar-refractivity contribution in [2.24, 2.45) is 0 Å². The summed E-state index contributed by atoms with van der Waals surface area (Å²) in [7, 11) is 0. The van der Waals surface area contributed by atoms with Crippen LogP contribution in [0.25, 0.3) is 0 Å². The van der Waals surface area contributed by atoms with E-state index in [1.165, 1.54) is 19.3 Å². The number of hydrogen-bond donors (Lipinski definition) is 1. The first-order valence-corrected chi connectivity index (χ1v) is 8.04. The van der Waals surface area contributed by atoms with Crippen LogP contribution in [0.4, 0.5) is 5.69 Å². The molecule has 0 atom stereocenters. The van der Waals surface area contributed by atoms with Crippen molar-refractivity contribution in [1.82, 2.24) is 4.90 Å². The zero-order valence-corrected chi connectivity index (χ0v) is 12.9. The molecule has 1 aromatic carbocycles. The molecule has 21 heavy (non-hydrogen) atoms. The minimum atomic E-state index is 0.184. The number of ether oxygens (including phenoxy) is 1. The molecule has 1 aromatic rings. The lowest BCUT2D eigenvalue weighted by Gasteiger charge is -2.25. The van der Waals surface area contributed by atoms with Crippen LogP contribution < -0.4 is 10.1 Å². The minimum Gasteiger partial charge on any atom is -0.492 e. The summed E-state index contributed by atoms with van der Waals surface area (Å²) >= 11 is 0. The zero-order chi connectivity index (χ0) is 14.9. The van der Waals surface area contributed by atoms with Gasteiger partial charge in [0.1, 0.15) is 5.75 Å². The second-order valence-electron chi connectivity index (χ2n) is 5.43. The second kappa shape index (κ2) is 8.55. The molecule has 2 rings (SSSR count). The van der Waals surface area contributed by atoms with Crippen LogP contribution in [0.5, 0.6) is 5.75 Å². The second-order valence-corrected chi connectivity index (χ2v) is 5.43. The molecule has 1 heterocycles. The molecule has 0 spiro atoms. The molecular weight excluding hydrogens is 264 g/mol. The van der Waals surface area contributed by atoms with Crippen LogP contribution >= 0.6 is 0 Å². The Morgan fingerprint density at radius 1 is 1.14 bits per heavy atom. The number of hydrogen-bond acceptors (Lipinski definition) is 3. The van der Waals surface area contributed by atoms with Gasteiger partial charge in [-0.2, -0.15) is 0 Å². The number of likely N-dealkylation sites (tertiary alicyclic amines) is 1. The van der Waals surface area contributed by atoms with Crippen molar-refractivity contribution in [1.29, 1.82) is 0 Å². The van der Waals surface area contributed by atoms with E-state index in [0.717, 1.165) is 37.4 Å². The predicted molar refractivity (Wildman–Crippen MR) is 85.8 cm³/mol. The molecule has 1 saturated heterocycles. The van der Waals surface area contributed by atoms with E-state index in [4.69, 9.17) is 4.74 Å². The predicted octanol–water partition coefficient (Wildman–Crippen LogP) is 3.29. The maximum atomic E-state index is 12.3. The van der Waals surface area contributed by atoms with Crippen LogP contribution in [0.15, 0.2) is 24.3 Å². The lowest BCUT2D eigenvalue weighted by molar-refractivity contribution is -0.129. The first kappa shape index (κ1) is 15.7. The van der Waals surface area contributed by atoms with Crippen LogP contribution in [-0.4, -0.2) is 37.0 Å². The van der Waals surface area contributed by atoms with Crippen LogP contribution in [0.2, 0.25) is 0 Å². The largest absolute Gasteiger partial charge is 0.492 e. The van der Waals surface area contributed by atoms with Gasteiger partial charge in [0.05, 0.1) is 18.8 Å². The molecule has 1 N–H and O–H groups in total. The number of benzene rings is 1. The fraction of sp³-hybridized carbons (Fsp3) is 0.588. The Balaban J connectivity index is 1.88. The summed E-state index contributed by atoms with van der Waals surface area (Å²) in [6.45, 7) is 4.71. The quantitative estimate of drug-likeness (QED) is 0.904. The van der Waals surface area contributed by atoms with Gasteiger partial charge in [0.25, 0.3) is 0 Å². The number of rotatable bonds is 5. The van der Waals surface area contributed by atoms with Crippen molar-refractivity contribution in [3.05, 3.63) is 24.3 Å². The topological polar surface area (TPSA) is 41.6 Å². The van der Waals surface area contributed by atoms with E-state index in [2.05, 4.69) is 5.32 Å². The molecule has 0 radical (unpaired) electrons. The van der Waals surface area contributed by atoms with Gasteiger partial charge in [-0.25, -0.2) is 0 Å².